The molecule has 2 aliphatic rings. The number of nitrogens with zero attached hydrogens (tertiary/aromatic N) is 2. The van der Waals surface area contributed by atoms with Crippen LogP contribution in [0.4, 0.5) is 0 Å². The molecule has 27 heavy (non-hydrogen) atoms. The van der Waals surface area contributed by atoms with Gasteiger partial charge in [0.15, 0.2) is 0 Å². The Labute approximate surface area is 159 Å². The molecule has 2 fully saturated rings. The van der Waals surface area contributed by atoms with Crippen LogP contribution in [-0.2, 0) is 22.7 Å². The van der Waals surface area contributed by atoms with Crippen molar-refractivity contribution in [1.29, 1.82) is 0 Å². The average molecular weight is 376 g/mol. The van der Waals surface area contributed by atoms with Crippen LogP contribution in [0, 0.1) is 5.92 Å². The standard InChI is InChI=1S/C20H28N2O5/c1-3-27-17-5-4-14(10-15(17)13-23)12-22-8-6-20(7-9-22)16(19(25)26)11-18(24)21(20)2/h4-5,10,16,23H,3,6-9,11-13H2,1-2H3,(H,25,26)/t16-/m0/s1. The van der Waals surface area contributed by atoms with Crippen LogP contribution >= 0.6 is 0 Å². The van der Waals surface area contributed by atoms with Crippen molar-refractivity contribution < 1.29 is 24.5 Å². The maximum atomic E-state index is 12.1. The molecular formula is C20H28N2O5. The summed E-state index contributed by atoms with van der Waals surface area (Å²) in [6, 6.07) is 5.85. The molecule has 0 bridgehead atoms. The fraction of sp³-hybridized carbons (Fsp3) is 0.600. The van der Waals surface area contributed by atoms with Crippen molar-refractivity contribution in [2.75, 3.05) is 26.7 Å². The zero-order chi connectivity index (χ0) is 19.6. The number of piperidine rings is 1. The summed E-state index contributed by atoms with van der Waals surface area (Å²) in [4.78, 5) is 27.7. The normalized spacial score (nSPS) is 22.4. The predicted molar refractivity (Wildman–Crippen MR) is 99.3 cm³/mol. The van der Waals surface area contributed by atoms with Crippen LogP contribution in [0.5, 0.6) is 5.75 Å². The molecule has 1 aromatic rings. The van der Waals surface area contributed by atoms with Crippen LogP contribution in [-0.4, -0.2) is 64.2 Å². The quantitative estimate of drug-likeness (QED) is 0.782. The first kappa shape index (κ1) is 19.6. The van der Waals surface area contributed by atoms with Crippen molar-refractivity contribution >= 4 is 11.9 Å². The molecule has 1 amide bonds. The van der Waals surface area contributed by atoms with Gasteiger partial charge in [0.2, 0.25) is 5.91 Å². The van der Waals surface area contributed by atoms with E-state index < -0.39 is 17.4 Å². The Morgan fingerprint density at radius 1 is 1.33 bits per heavy atom. The molecular weight excluding hydrogens is 348 g/mol. The lowest BCUT2D eigenvalue weighted by Gasteiger charge is -2.45. The number of benzene rings is 1. The summed E-state index contributed by atoms with van der Waals surface area (Å²) < 4.78 is 5.53. The molecule has 0 aromatic heterocycles. The Kier molecular flexibility index (Phi) is 5.72. The zero-order valence-corrected chi connectivity index (χ0v) is 16.0. The van der Waals surface area contributed by atoms with Gasteiger partial charge < -0.3 is 19.8 Å². The second-order valence-electron chi connectivity index (χ2n) is 7.46. The van der Waals surface area contributed by atoms with Crippen LogP contribution in [0.3, 0.4) is 0 Å². The second-order valence-corrected chi connectivity index (χ2v) is 7.46. The number of aliphatic carboxylic acids is 1. The Bertz CT molecular complexity index is 712. The lowest BCUT2D eigenvalue weighted by atomic mass is 9.77. The lowest BCUT2D eigenvalue weighted by Crippen LogP contribution is -2.55. The number of aliphatic hydroxyl groups excluding tert-OH is 1. The van der Waals surface area contributed by atoms with E-state index in [4.69, 9.17) is 4.74 Å². The molecule has 2 N–H and O–H groups in total. The third-order valence-corrected chi connectivity index (χ3v) is 6.09. The van der Waals surface area contributed by atoms with Gasteiger partial charge in [-0.3, -0.25) is 14.5 Å². The molecule has 1 aromatic carbocycles. The van der Waals surface area contributed by atoms with Gasteiger partial charge in [0.25, 0.3) is 0 Å². The van der Waals surface area contributed by atoms with E-state index in [1.54, 1.807) is 11.9 Å². The number of carbonyl (C=O) groups excluding carboxylic acids is 1. The number of hydrogen-bond acceptors (Lipinski definition) is 5. The van der Waals surface area contributed by atoms with Gasteiger partial charge >= 0.3 is 5.97 Å². The number of likely N-dealkylation sites (tertiary alicyclic amines) is 2. The van der Waals surface area contributed by atoms with Crippen molar-refractivity contribution in [1.82, 2.24) is 9.80 Å². The van der Waals surface area contributed by atoms with Gasteiger partial charge in [-0.25, -0.2) is 0 Å². The van der Waals surface area contributed by atoms with Gasteiger partial charge in [-0.15, -0.1) is 0 Å². The van der Waals surface area contributed by atoms with Crippen molar-refractivity contribution in [3.8, 4) is 5.75 Å². The molecule has 3 rings (SSSR count). The highest BCUT2D eigenvalue weighted by molar-refractivity contribution is 5.88. The molecule has 148 valence electrons. The van der Waals surface area contributed by atoms with E-state index in [-0.39, 0.29) is 18.9 Å². The maximum absolute atomic E-state index is 12.1. The first-order valence-electron chi connectivity index (χ1n) is 9.48. The zero-order valence-electron chi connectivity index (χ0n) is 16.0. The van der Waals surface area contributed by atoms with E-state index >= 15 is 0 Å². The molecule has 1 atom stereocenters. The first-order chi connectivity index (χ1) is 12.9. The van der Waals surface area contributed by atoms with Gasteiger partial charge in [0, 0.05) is 38.7 Å². The van der Waals surface area contributed by atoms with E-state index in [2.05, 4.69) is 4.90 Å². The van der Waals surface area contributed by atoms with Gasteiger partial charge in [-0.1, -0.05) is 6.07 Å². The first-order valence-corrected chi connectivity index (χ1v) is 9.48. The number of rotatable bonds is 6. The molecule has 2 aliphatic heterocycles. The molecule has 0 radical (unpaired) electrons. The van der Waals surface area contributed by atoms with Gasteiger partial charge in [0.05, 0.1) is 24.7 Å². The summed E-state index contributed by atoms with van der Waals surface area (Å²) in [6.07, 6.45) is 1.43. The van der Waals surface area contributed by atoms with Crippen molar-refractivity contribution in [3.05, 3.63) is 29.3 Å². The monoisotopic (exact) mass is 376 g/mol. The molecule has 7 heteroatoms. The number of aliphatic hydroxyl groups is 1. The summed E-state index contributed by atoms with van der Waals surface area (Å²) in [6.45, 7) is 4.60. The van der Waals surface area contributed by atoms with E-state index in [1.807, 2.05) is 25.1 Å². The topological polar surface area (TPSA) is 90.3 Å². The van der Waals surface area contributed by atoms with Crippen molar-refractivity contribution in [2.45, 2.75) is 44.9 Å². The Morgan fingerprint density at radius 2 is 2.04 bits per heavy atom. The number of carboxylic acid groups (broad SMARTS) is 1. The van der Waals surface area contributed by atoms with E-state index in [1.165, 1.54) is 0 Å². The van der Waals surface area contributed by atoms with Crippen LogP contribution in [0.15, 0.2) is 18.2 Å². The summed E-state index contributed by atoms with van der Waals surface area (Å²) in [5, 5.41) is 19.1. The highest BCUT2D eigenvalue weighted by Crippen LogP contribution is 2.43. The summed E-state index contributed by atoms with van der Waals surface area (Å²) in [7, 11) is 1.74. The molecule has 0 saturated carbocycles. The highest BCUT2D eigenvalue weighted by atomic mass is 16.5. The molecule has 0 aliphatic carbocycles. The fourth-order valence-electron chi connectivity index (χ4n) is 4.49. The van der Waals surface area contributed by atoms with Crippen LogP contribution < -0.4 is 4.74 Å². The van der Waals surface area contributed by atoms with Crippen LogP contribution in [0.25, 0.3) is 0 Å². The number of amides is 1. The average Bonchev–Trinajstić information content (AvgIpc) is 2.90. The number of carbonyl (C=O) groups is 2. The molecule has 0 unspecified atom stereocenters. The number of ether oxygens (including phenoxy) is 1. The van der Waals surface area contributed by atoms with Gasteiger partial charge in [-0.05, 0) is 37.5 Å². The molecule has 1 spiro atoms. The van der Waals surface area contributed by atoms with E-state index in [9.17, 15) is 19.8 Å². The third kappa shape index (κ3) is 3.66. The minimum Gasteiger partial charge on any atom is -0.494 e. The van der Waals surface area contributed by atoms with E-state index in [0.29, 0.717) is 25.2 Å². The van der Waals surface area contributed by atoms with Crippen molar-refractivity contribution in [3.63, 3.8) is 0 Å². The van der Waals surface area contributed by atoms with Crippen LogP contribution in [0.1, 0.15) is 37.3 Å². The fourth-order valence-corrected chi connectivity index (χ4v) is 4.49. The summed E-state index contributed by atoms with van der Waals surface area (Å²) in [5.74, 6) is -0.865. The largest absolute Gasteiger partial charge is 0.494 e. The highest BCUT2D eigenvalue weighted by Gasteiger charge is 2.55. The molecule has 7 nitrogen and oxygen atoms in total. The summed E-state index contributed by atoms with van der Waals surface area (Å²) in [5.41, 5.74) is 1.30. The van der Waals surface area contributed by atoms with Gasteiger partial charge in [0.1, 0.15) is 5.75 Å². The minimum atomic E-state index is -0.875. The number of carboxylic acids is 1. The van der Waals surface area contributed by atoms with E-state index in [0.717, 1.165) is 30.8 Å². The maximum Gasteiger partial charge on any atom is 0.309 e. The predicted octanol–water partition coefficient (Wildman–Crippen LogP) is 1.48. The Balaban J connectivity index is 1.68. The Hall–Kier alpha value is -2.12. The smallest absolute Gasteiger partial charge is 0.309 e. The SMILES string of the molecule is CCOc1ccc(CN2CCC3(CC2)[C@H](C(=O)O)CC(=O)N3C)cc1CO. The van der Waals surface area contributed by atoms with Crippen molar-refractivity contribution in [2.24, 2.45) is 5.92 Å². The van der Waals surface area contributed by atoms with Crippen LogP contribution in [0.2, 0.25) is 0 Å². The molecule has 2 saturated heterocycles. The van der Waals surface area contributed by atoms with Gasteiger partial charge in [-0.2, -0.15) is 0 Å². The third-order valence-electron chi connectivity index (χ3n) is 6.09. The Morgan fingerprint density at radius 3 is 2.63 bits per heavy atom. The lowest BCUT2D eigenvalue weighted by molar-refractivity contribution is -0.146. The molecule has 2 heterocycles. The minimum absolute atomic E-state index is 0.0700. The summed E-state index contributed by atoms with van der Waals surface area (Å²) >= 11 is 0. The number of hydrogen-bond donors (Lipinski definition) is 2. The second kappa shape index (κ2) is 7.86.